The number of aryl methyl sites for hydroxylation is 3. The zero-order valence-electron chi connectivity index (χ0n) is 12.4. The average molecular weight is 261 g/mol. The van der Waals surface area contributed by atoms with Gasteiger partial charge in [0.15, 0.2) is 0 Å². The van der Waals surface area contributed by atoms with Gasteiger partial charge in [-0.05, 0) is 45.2 Å². The first kappa shape index (κ1) is 13.8. The summed E-state index contributed by atoms with van der Waals surface area (Å²) in [6.45, 7) is 8.32. The number of rotatable bonds is 4. The van der Waals surface area contributed by atoms with E-state index in [0.717, 1.165) is 37.3 Å². The van der Waals surface area contributed by atoms with Gasteiger partial charge in [0.25, 0.3) is 0 Å². The number of anilines is 1. The first-order valence-electron chi connectivity index (χ1n) is 6.90. The number of hydrogen-bond acceptors (Lipinski definition) is 4. The van der Waals surface area contributed by atoms with Crippen molar-refractivity contribution in [1.29, 1.82) is 0 Å². The molecule has 2 heterocycles. The number of fused-ring (bicyclic) bond motifs is 1. The van der Waals surface area contributed by atoms with Crippen molar-refractivity contribution >= 4 is 11.4 Å². The molecule has 1 aromatic rings. The van der Waals surface area contributed by atoms with Gasteiger partial charge >= 0.3 is 0 Å². The van der Waals surface area contributed by atoms with Crippen LogP contribution in [-0.4, -0.2) is 30.9 Å². The number of pyridine rings is 1. The van der Waals surface area contributed by atoms with Gasteiger partial charge in [0.1, 0.15) is 7.11 Å². The van der Waals surface area contributed by atoms with E-state index in [1.54, 1.807) is 7.11 Å². The second kappa shape index (κ2) is 6.04. The molecule has 1 aliphatic rings. The Kier molecular flexibility index (Phi) is 4.40. The smallest absolute Gasteiger partial charge is 0.106 e. The van der Waals surface area contributed by atoms with Crippen LogP contribution in [0.1, 0.15) is 36.7 Å². The first-order valence-corrected chi connectivity index (χ1v) is 6.90. The molecule has 0 N–H and O–H groups in total. The molecule has 0 radical (unpaired) electrons. The molecule has 1 aromatic heterocycles. The van der Waals surface area contributed by atoms with E-state index in [1.165, 1.54) is 23.4 Å². The molecule has 0 fully saturated rings. The zero-order chi connectivity index (χ0) is 13.8. The molecule has 19 heavy (non-hydrogen) atoms. The Morgan fingerprint density at radius 2 is 2.26 bits per heavy atom. The van der Waals surface area contributed by atoms with E-state index in [2.05, 4.69) is 30.0 Å². The largest absolute Gasteiger partial charge is 0.399 e. The van der Waals surface area contributed by atoms with Crippen molar-refractivity contribution in [2.24, 2.45) is 5.16 Å². The van der Waals surface area contributed by atoms with Crippen LogP contribution in [0.15, 0.2) is 11.2 Å². The first-order chi connectivity index (χ1) is 9.11. The van der Waals surface area contributed by atoms with Gasteiger partial charge in [0.2, 0.25) is 0 Å². The fourth-order valence-corrected chi connectivity index (χ4v) is 2.49. The Balaban J connectivity index is 2.13. The van der Waals surface area contributed by atoms with E-state index < -0.39 is 0 Å². The highest BCUT2D eigenvalue weighted by atomic mass is 16.6. The lowest BCUT2D eigenvalue weighted by molar-refractivity contribution is 0.212. The molecule has 0 saturated heterocycles. The van der Waals surface area contributed by atoms with Crippen molar-refractivity contribution in [2.45, 2.75) is 40.0 Å². The molecular formula is C15H23N3O. The molecule has 0 bridgehead atoms. The van der Waals surface area contributed by atoms with Crippen LogP contribution in [0.3, 0.4) is 0 Å². The lowest BCUT2D eigenvalue weighted by atomic mass is 10.0. The molecule has 0 amide bonds. The minimum Gasteiger partial charge on any atom is -0.399 e. The second-order valence-electron chi connectivity index (χ2n) is 5.21. The topological polar surface area (TPSA) is 37.7 Å². The SMILES string of the molecule is CO/N=C(\C)CCN1CCCc2nc(C)c(C)cc21. The molecule has 4 heteroatoms. The Morgan fingerprint density at radius 1 is 1.47 bits per heavy atom. The van der Waals surface area contributed by atoms with Crippen molar-refractivity contribution in [2.75, 3.05) is 25.1 Å². The Morgan fingerprint density at radius 3 is 3.00 bits per heavy atom. The molecule has 0 aromatic carbocycles. The van der Waals surface area contributed by atoms with Gasteiger partial charge in [0.05, 0.1) is 17.1 Å². The standard InChI is InChI=1S/C15H23N3O/c1-11-10-15-14(16-13(11)3)6-5-8-18(15)9-7-12(2)17-19-4/h10H,5-9H2,1-4H3/b17-12+. The summed E-state index contributed by atoms with van der Waals surface area (Å²) >= 11 is 0. The highest BCUT2D eigenvalue weighted by Gasteiger charge is 2.18. The molecule has 0 aliphatic carbocycles. The fourth-order valence-electron chi connectivity index (χ4n) is 2.49. The summed E-state index contributed by atoms with van der Waals surface area (Å²) in [5.41, 5.74) is 6.01. The van der Waals surface area contributed by atoms with E-state index in [-0.39, 0.29) is 0 Å². The van der Waals surface area contributed by atoms with E-state index in [4.69, 9.17) is 9.82 Å². The summed E-state index contributed by atoms with van der Waals surface area (Å²) in [6.07, 6.45) is 3.21. The molecule has 0 unspecified atom stereocenters. The van der Waals surface area contributed by atoms with Crippen LogP contribution in [0.2, 0.25) is 0 Å². The highest BCUT2D eigenvalue weighted by molar-refractivity contribution is 5.81. The van der Waals surface area contributed by atoms with Gasteiger partial charge in [0, 0.05) is 25.2 Å². The van der Waals surface area contributed by atoms with Crippen molar-refractivity contribution in [3.63, 3.8) is 0 Å². The number of nitrogens with zero attached hydrogens (tertiary/aromatic N) is 3. The summed E-state index contributed by atoms with van der Waals surface area (Å²) in [6, 6.07) is 2.28. The van der Waals surface area contributed by atoms with Gasteiger partial charge in [-0.1, -0.05) is 5.16 Å². The second-order valence-corrected chi connectivity index (χ2v) is 5.21. The lowest BCUT2D eigenvalue weighted by Gasteiger charge is -2.31. The third kappa shape index (κ3) is 3.25. The summed E-state index contributed by atoms with van der Waals surface area (Å²) in [4.78, 5) is 12.0. The summed E-state index contributed by atoms with van der Waals surface area (Å²) in [5, 5.41) is 3.97. The van der Waals surface area contributed by atoms with Crippen LogP contribution in [0, 0.1) is 13.8 Å². The van der Waals surface area contributed by atoms with Gasteiger partial charge in [-0.3, -0.25) is 4.98 Å². The normalized spacial score (nSPS) is 15.4. The lowest BCUT2D eigenvalue weighted by Crippen LogP contribution is -2.32. The molecule has 0 spiro atoms. The van der Waals surface area contributed by atoms with Crippen molar-refractivity contribution in [3.05, 3.63) is 23.0 Å². The quantitative estimate of drug-likeness (QED) is 0.618. The van der Waals surface area contributed by atoms with E-state index >= 15 is 0 Å². The predicted octanol–water partition coefficient (Wildman–Crippen LogP) is 2.86. The maximum atomic E-state index is 4.80. The number of oxime groups is 1. The molecule has 104 valence electrons. The van der Waals surface area contributed by atoms with Crippen LogP contribution in [0.4, 0.5) is 5.69 Å². The van der Waals surface area contributed by atoms with Crippen LogP contribution < -0.4 is 4.90 Å². The molecule has 2 rings (SSSR count). The maximum absolute atomic E-state index is 4.80. The molecule has 4 nitrogen and oxygen atoms in total. The summed E-state index contributed by atoms with van der Waals surface area (Å²) in [7, 11) is 1.59. The molecule has 0 atom stereocenters. The fraction of sp³-hybridized carbons (Fsp3) is 0.600. The number of aromatic nitrogens is 1. The predicted molar refractivity (Wildman–Crippen MR) is 79.0 cm³/mol. The van der Waals surface area contributed by atoms with Crippen LogP contribution >= 0.6 is 0 Å². The zero-order valence-corrected chi connectivity index (χ0v) is 12.4. The van der Waals surface area contributed by atoms with Crippen LogP contribution in [0.25, 0.3) is 0 Å². The van der Waals surface area contributed by atoms with Crippen LogP contribution in [-0.2, 0) is 11.3 Å². The van der Waals surface area contributed by atoms with Crippen molar-refractivity contribution < 1.29 is 4.84 Å². The minimum absolute atomic E-state index is 0.931. The highest BCUT2D eigenvalue weighted by Crippen LogP contribution is 2.27. The molecule has 0 saturated carbocycles. The third-order valence-corrected chi connectivity index (χ3v) is 3.70. The Labute approximate surface area is 115 Å². The van der Waals surface area contributed by atoms with Gasteiger partial charge < -0.3 is 9.74 Å². The van der Waals surface area contributed by atoms with E-state index in [0.29, 0.717) is 0 Å². The van der Waals surface area contributed by atoms with Gasteiger partial charge in [-0.25, -0.2) is 0 Å². The summed E-state index contributed by atoms with van der Waals surface area (Å²) in [5.74, 6) is 0. The third-order valence-electron chi connectivity index (χ3n) is 3.70. The van der Waals surface area contributed by atoms with Crippen molar-refractivity contribution in [3.8, 4) is 0 Å². The Bertz CT molecular complexity index is 483. The number of hydrogen-bond donors (Lipinski definition) is 0. The monoisotopic (exact) mass is 261 g/mol. The minimum atomic E-state index is 0.931. The molecular weight excluding hydrogens is 238 g/mol. The maximum Gasteiger partial charge on any atom is 0.106 e. The van der Waals surface area contributed by atoms with Crippen LogP contribution in [0.5, 0.6) is 0 Å². The van der Waals surface area contributed by atoms with Gasteiger partial charge in [-0.2, -0.15) is 0 Å². The van der Waals surface area contributed by atoms with E-state index in [1.807, 2.05) is 6.92 Å². The van der Waals surface area contributed by atoms with Gasteiger partial charge in [-0.15, -0.1) is 0 Å². The van der Waals surface area contributed by atoms with Crippen molar-refractivity contribution in [1.82, 2.24) is 4.98 Å². The average Bonchev–Trinajstić information content (AvgIpc) is 2.38. The summed E-state index contributed by atoms with van der Waals surface area (Å²) < 4.78 is 0. The molecule has 1 aliphatic heterocycles. The Hall–Kier alpha value is -1.58. The van der Waals surface area contributed by atoms with E-state index in [9.17, 15) is 0 Å².